The Balaban J connectivity index is 1.88. The molecule has 2 aromatic rings. The average molecular weight is 289 g/mol. The molecule has 2 rings (SSSR count). The molecule has 3 N–H and O–H groups in total. The number of nitrogens with one attached hydrogen (secondary N) is 1. The van der Waals surface area contributed by atoms with Gasteiger partial charge in [0, 0.05) is 36.9 Å². The summed E-state index contributed by atoms with van der Waals surface area (Å²) >= 11 is 0. The number of benzene rings is 1. The molecule has 0 aliphatic rings. The standard InChI is InChI=1S/C17H28N4/c1-4-20(14-13-19(2)3)10-6-11-21-12-9-15-16(18)7-5-8-17(15)21/h5,7-9,12H,4,6,10-11,13-14,18H2,1-3H3/p+1. The third-order valence-electron chi connectivity index (χ3n) is 4.10. The van der Waals surface area contributed by atoms with E-state index in [2.05, 4.69) is 48.8 Å². The molecule has 0 amide bonds. The zero-order valence-electron chi connectivity index (χ0n) is 13.6. The Kier molecular flexibility index (Phi) is 5.65. The second kappa shape index (κ2) is 7.48. The van der Waals surface area contributed by atoms with Crippen LogP contribution in [-0.2, 0) is 6.54 Å². The zero-order chi connectivity index (χ0) is 15.2. The van der Waals surface area contributed by atoms with Crippen LogP contribution in [0.4, 0.5) is 5.69 Å². The Morgan fingerprint density at radius 1 is 1.19 bits per heavy atom. The highest BCUT2D eigenvalue weighted by atomic mass is 15.2. The molecule has 1 aromatic heterocycles. The highest BCUT2D eigenvalue weighted by molar-refractivity contribution is 5.91. The van der Waals surface area contributed by atoms with Gasteiger partial charge in [0.25, 0.3) is 0 Å². The van der Waals surface area contributed by atoms with Crippen LogP contribution in [0.1, 0.15) is 13.3 Å². The summed E-state index contributed by atoms with van der Waals surface area (Å²) in [5.41, 5.74) is 8.13. The normalized spacial score (nSPS) is 11.9. The van der Waals surface area contributed by atoms with E-state index in [-0.39, 0.29) is 0 Å². The molecular weight excluding hydrogens is 260 g/mol. The van der Waals surface area contributed by atoms with Crippen molar-refractivity contribution < 1.29 is 4.90 Å². The summed E-state index contributed by atoms with van der Waals surface area (Å²) in [7, 11) is 4.43. The second-order valence-corrected chi connectivity index (χ2v) is 6.03. The summed E-state index contributed by atoms with van der Waals surface area (Å²) in [6.07, 6.45) is 3.33. The van der Waals surface area contributed by atoms with Gasteiger partial charge in [0.1, 0.15) is 0 Å². The van der Waals surface area contributed by atoms with Crippen LogP contribution in [0.15, 0.2) is 30.5 Å². The minimum atomic E-state index is 0.871. The van der Waals surface area contributed by atoms with Gasteiger partial charge in [0.05, 0.1) is 26.2 Å². The van der Waals surface area contributed by atoms with Gasteiger partial charge >= 0.3 is 0 Å². The van der Waals surface area contributed by atoms with Gasteiger partial charge in [-0.2, -0.15) is 0 Å². The Morgan fingerprint density at radius 3 is 2.71 bits per heavy atom. The van der Waals surface area contributed by atoms with E-state index in [0.717, 1.165) is 25.3 Å². The lowest BCUT2D eigenvalue weighted by molar-refractivity contribution is -0.857. The van der Waals surface area contributed by atoms with Crippen LogP contribution in [0, 0.1) is 0 Å². The maximum atomic E-state index is 6.01. The number of nitrogens with two attached hydrogens (primary N) is 1. The van der Waals surface area contributed by atoms with Crippen molar-refractivity contribution >= 4 is 16.6 Å². The Bertz CT molecular complexity index is 559. The van der Waals surface area contributed by atoms with Gasteiger partial charge in [-0.3, -0.25) is 4.90 Å². The van der Waals surface area contributed by atoms with E-state index in [1.807, 2.05) is 12.1 Å². The summed E-state index contributed by atoms with van der Waals surface area (Å²) < 4.78 is 2.32. The molecule has 0 aliphatic carbocycles. The molecule has 0 spiro atoms. The van der Waals surface area contributed by atoms with E-state index in [4.69, 9.17) is 5.73 Å². The van der Waals surface area contributed by atoms with Gasteiger partial charge < -0.3 is 15.2 Å². The summed E-state index contributed by atoms with van der Waals surface area (Å²) in [5.74, 6) is 0. The zero-order valence-corrected chi connectivity index (χ0v) is 13.6. The number of anilines is 1. The van der Waals surface area contributed by atoms with Gasteiger partial charge in [-0.05, 0) is 31.2 Å². The Hall–Kier alpha value is -1.52. The van der Waals surface area contributed by atoms with Crippen LogP contribution < -0.4 is 10.6 Å². The SMILES string of the molecule is CCN(CCCn1ccc2c(N)cccc21)CC[NH+](C)C. The molecule has 0 aliphatic heterocycles. The molecule has 0 radical (unpaired) electrons. The Morgan fingerprint density at radius 2 is 2.00 bits per heavy atom. The first kappa shape index (κ1) is 15.9. The van der Waals surface area contributed by atoms with Gasteiger partial charge in [-0.1, -0.05) is 13.0 Å². The third-order valence-corrected chi connectivity index (χ3v) is 4.10. The van der Waals surface area contributed by atoms with Crippen molar-refractivity contribution in [1.82, 2.24) is 9.47 Å². The monoisotopic (exact) mass is 289 g/mol. The summed E-state index contributed by atoms with van der Waals surface area (Å²) in [5, 5.41) is 1.17. The summed E-state index contributed by atoms with van der Waals surface area (Å²) in [6, 6.07) is 8.28. The van der Waals surface area contributed by atoms with Crippen molar-refractivity contribution in [2.45, 2.75) is 19.9 Å². The maximum Gasteiger partial charge on any atom is 0.0896 e. The van der Waals surface area contributed by atoms with Crippen molar-refractivity contribution in [2.75, 3.05) is 46.0 Å². The predicted octanol–water partition coefficient (Wildman–Crippen LogP) is 1.08. The molecule has 4 heteroatoms. The first-order valence-corrected chi connectivity index (χ1v) is 7.96. The van der Waals surface area contributed by atoms with Gasteiger partial charge in [0.15, 0.2) is 0 Å². The predicted molar refractivity (Wildman–Crippen MR) is 90.8 cm³/mol. The number of likely N-dealkylation sites (N-methyl/N-ethyl adjacent to an activating group) is 2. The fourth-order valence-electron chi connectivity index (χ4n) is 2.72. The molecule has 1 heterocycles. The van der Waals surface area contributed by atoms with Gasteiger partial charge in [0.2, 0.25) is 0 Å². The van der Waals surface area contributed by atoms with Crippen molar-refractivity contribution in [3.8, 4) is 0 Å². The third kappa shape index (κ3) is 4.22. The van der Waals surface area contributed by atoms with Crippen LogP contribution in [0.25, 0.3) is 10.9 Å². The molecule has 116 valence electrons. The molecule has 0 fully saturated rings. The van der Waals surface area contributed by atoms with Crippen molar-refractivity contribution in [2.24, 2.45) is 0 Å². The number of nitrogen functional groups attached to an aromatic ring is 1. The molecule has 0 saturated heterocycles. The molecule has 4 nitrogen and oxygen atoms in total. The maximum absolute atomic E-state index is 6.01. The van der Waals surface area contributed by atoms with Crippen LogP contribution in [0.5, 0.6) is 0 Å². The number of rotatable bonds is 8. The van der Waals surface area contributed by atoms with E-state index in [0.29, 0.717) is 0 Å². The van der Waals surface area contributed by atoms with Crippen molar-refractivity contribution in [1.29, 1.82) is 0 Å². The molecule has 0 atom stereocenters. The Labute approximate surface area is 128 Å². The lowest BCUT2D eigenvalue weighted by Gasteiger charge is -2.21. The van der Waals surface area contributed by atoms with E-state index in [1.54, 1.807) is 0 Å². The molecule has 0 saturated carbocycles. The van der Waals surface area contributed by atoms with Gasteiger partial charge in [-0.15, -0.1) is 0 Å². The van der Waals surface area contributed by atoms with E-state index >= 15 is 0 Å². The lowest BCUT2D eigenvalue weighted by atomic mass is 10.2. The minimum absolute atomic E-state index is 0.871. The van der Waals surface area contributed by atoms with E-state index in [1.165, 1.54) is 35.3 Å². The van der Waals surface area contributed by atoms with Crippen LogP contribution in [0.2, 0.25) is 0 Å². The first-order chi connectivity index (χ1) is 10.1. The number of nitrogens with zero attached hydrogens (tertiary/aromatic N) is 2. The fourth-order valence-corrected chi connectivity index (χ4v) is 2.72. The van der Waals surface area contributed by atoms with Crippen LogP contribution >= 0.6 is 0 Å². The van der Waals surface area contributed by atoms with Crippen LogP contribution in [0.3, 0.4) is 0 Å². The highest BCUT2D eigenvalue weighted by Gasteiger charge is 2.06. The van der Waals surface area contributed by atoms with Crippen molar-refractivity contribution in [3.63, 3.8) is 0 Å². The highest BCUT2D eigenvalue weighted by Crippen LogP contribution is 2.22. The topological polar surface area (TPSA) is 38.6 Å². The molecule has 1 aromatic carbocycles. The fraction of sp³-hybridized carbons (Fsp3) is 0.529. The molecule has 0 unspecified atom stereocenters. The number of quaternary nitrogens is 1. The number of aromatic nitrogens is 1. The number of fused-ring (bicyclic) bond motifs is 1. The average Bonchev–Trinajstić information content (AvgIpc) is 2.87. The molecule has 0 bridgehead atoms. The second-order valence-electron chi connectivity index (χ2n) is 6.03. The quantitative estimate of drug-likeness (QED) is 0.714. The number of hydrogen-bond acceptors (Lipinski definition) is 2. The molecular formula is C17H29N4+. The lowest BCUT2D eigenvalue weighted by Crippen LogP contribution is -3.06. The number of aryl methyl sites for hydroxylation is 1. The van der Waals surface area contributed by atoms with Crippen molar-refractivity contribution in [3.05, 3.63) is 30.5 Å². The smallest absolute Gasteiger partial charge is 0.0896 e. The summed E-state index contributed by atoms with van der Waals surface area (Å²) in [6.45, 7) is 7.97. The van der Waals surface area contributed by atoms with E-state index < -0.39 is 0 Å². The van der Waals surface area contributed by atoms with E-state index in [9.17, 15) is 0 Å². The van der Waals surface area contributed by atoms with Crippen LogP contribution in [-0.4, -0.2) is 49.7 Å². The largest absolute Gasteiger partial charge is 0.398 e. The molecule has 21 heavy (non-hydrogen) atoms. The minimum Gasteiger partial charge on any atom is -0.398 e. The van der Waals surface area contributed by atoms with Gasteiger partial charge in [-0.25, -0.2) is 0 Å². The number of hydrogen-bond donors (Lipinski definition) is 2. The summed E-state index contributed by atoms with van der Waals surface area (Å²) in [4.78, 5) is 4.05. The first-order valence-electron chi connectivity index (χ1n) is 7.96.